The molecule has 0 aliphatic rings. The van der Waals surface area contributed by atoms with Gasteiger partial charge < -0.3 is 4.90 Å². The van der Waals surface area contributed by atoms with Gasteiger partial charge in [-0.05, 0) is 14.1 Å². The summed E-state index contributed by atoms with van der Waals surface area (Å²) in [6.45, 7) is 1.69. The third kappa shape index (κ3) is 7.88. The highest BCUT2D eigenvalue weighted by Crippen LogP contribution is 1.87. The molecule has 1 N–H and O–H groups in total. The summed E-state index contributed by atoms with van der Waals surface area (Å²) in [5.41, 5.74) is 0. The van der Waals surface area contributed by atoms with Gasteiger partial charge in [0, 0.05) is 0 Å². The molecule has 0 spiro atoms. The molecule has 0 aromatic rings. The summed E-state index contributed by atoms with van der Waals surface area (Å²) in [5.74, 6) is 0. The molecule has 0 aromatic heterocycles. The number of rotatable bonds is 3. The van der Waals surface area contributed by atoms with Crippen molar-refractivity contribution >= 4 is 0 Å². The lowest BCUT2D eigenvalue weighted by Gasteiger charge is -2.21. The van der Waals surface area contributed by atoms with E-state index in [0.29, 0.717) is 0 Å². The molecule has 9 heavy (non-hydrogen) atoms. The summed E-state index contributed by atoms with van der Waals surface area (Å²) < 4.78 is 0.0537. The van der Waals surface area contributed by atoms with Crippen LogP contribution < -0.4 is 0 Å². The minimum Gasteiger partial charge on any atom is -0.304 e. The first-order valence-corrected chi connectivity index (χ1v) is 3.12. The largest absolute Gasteiger partial charge is 0.304 e. The first-order valence-electron chi connectivity index (χ1n) is 3.12. The number of hydroxylamine groups is 3. The van der Waals surface area contributed by atoms with Crippen LogP contribution in [0.25, 0.3) is 0 Å². The van der Waals surface area contributed by atoms with E-state index < -0.39 is 0 Å². The van der Waals surface area contributed by atoms with E-state index in [1.54, 1.807) is 14.1 Å². The third-order valence-corrected chi connectivity index (χ3v) is 1.09. The van der Waals surface area contributed by atoms with Gasteiger partial charge >= 0.3 is 0 Å². The quantitative estimate of drug-likeness (QED) is 0.433. The van der Waals surface area contributed by atoms with Crippen LogP contribution in [0.15, 0.2) is 0 Å². The maximum absolute atomic E-state index is 9.18. The second-order valence-corrected chi connectivity index (χ2v) is 3.15. The molecular formula is C6H17N2O+. The molecule has 0 aliphatic carbocycles. The van der Waals surface area contributed by atoms with Crippen molar-refractivity contribution in [2.45, 2.75) is 0 Å². The summed E-state index contributed by atoms with van der Waals surface area (Å²) in [7, 11) is 7.53. The molecule has 0 unspecified atom stereocenters. The molecule has 0 fully saturated rings. The van der Waals surface area contributed by atoms with Crippen molar-refractivity contribution in [3.8, 4) is 0 Å². The molecular weight excluding hydrogens is 116 g/mol. The fourth-order valence-corrected chi connectivity index (χ4v) is 0.445. The Morgan fingerprint density at radius 2 is 1.78 bits per heavy atom. The molecule has 3 heteroatoms. The highest BCUT2D eigenvalue weighted by atomic mass is 16.5. The van der Waals surface area contributed by atoms with Crippen LogP contribution in [-0.4, -0.2) is 56.0 Å². The minimum atomic E-state index is 0.0537. The molecule has 0 rings (SSSR count). The number of hydrogen-bond acceptors (Lipinski definition) is 2. The monoisotopic (exact) mass is 133 g/mol. The number of nitrogens with zero attached hydrogens (tertiary/aromatic N) is 2. The summed E-state index contributed by atoms with van der Waals surface area (Å²) in [6, 6.07) is 0. The SMILES string of the molecule is CN(C)CC[N+](C)(C)O. The van der Waals surface area contributed by atoms with Gasteiger partial charge in [-0.1, -0.05) is 0 Å². The van der Waals surface area contributed by atoms with E-state index >= 15 is 0 Å². The Hall–Kier alpha value is -0.120. The zero-order valence-electron chi connectivity index (χ0n) is 6.76. The third-order valence-electron chi connectivity index (χ3n) is 1.09. The molecule has 0 aromatic carbocycles. The molecule has 0 saturated heterocycles. The van der Waals surface area contributed by atoms with Gasteiger partial charge in [-0.15, -0.1) is 0 Å². The van der Waals surface area contributed by atoms with Gasteiger partial charge in [-0.25, -0.2) is 5.21 Å². The fourth-order valence-electron chi connectivity index (χ4n) is 0.445. The van der Waals surface area contributed by atoms with Crippen LogP contribution in [0.2, 0.25) is 0 Å². The smallest absolute Gasteiger partial charge is 0.121 e. The molecule has 0 amide bonds. The van der Waals surface area contributed by atoms with E-state index in [-0.39, 0.29) is 4.65 Å². The average Bonchev–Trinajstić information content (AvgIpc) is 1.59. The summed E-state index contributed by atoms with van der Waals surface area (Å²) in [4.78, 5) is 2.05. The summed E-state index contributed by atoms with van der Waals surface area (Å²) >= 11 is 0. The number of quaternary nitrogens is 1. The van der Waals surface area contributed by atoms with E-state index in [4.69, 9.17) is 0 Å². The van der Waals surface area contributed by atoms with Crippen LogP contribution >= 0.6 is 0 Å². The first-order chi connectivity index (χ1) is 3.92. The zero-order valence-corrected chi connectivity index (χ0v) is 6.76. The Kier molecular flexibility index (Phi) is 3.11. The fraction of sp³-hybridized carbons (Fsp3) is 1.00. The Morgan fingerprint density at radius 1 is 1.33 bits per heavy atom. The van der Waals surface area contributed by atoms with E-state index in [2.05, 4.69) is 4.90 Å². The minimum absolute atomic E-state index is 0.0537. The number of likely N-dealkylation sites (N-methyl/N-ethyl adjacent to an activating group) is 2. The van der Waals surface area contributed by atoms with Gasteiger partial charge in [0.25, 0.3) is 0 Å². The van der Waals surface area contributed by atoms with Crippen LogP contribution in [-0.2, 0) is 0 Å². The van der Waals surface area contributed by atoms with Crippen LogP contribution in [0, 0.1) is 0 Å². The molecule has 3 nitrogen and oxygen atoms in total. The van der Waals surface area contributed by atoms with Crippen molar-refractivity contribution < 1.29 is 9.85 Å². The van der Waals surface area contributed by atoms with Crippen molar-refractivity contribution in [3.05, 3.63) is 0 Å². The first kappa shape index (κ1) is 8.88. The second kappa shape index (κ2) is 3.15. The standard InChI is InChI=1S/C6H17N2O/c1-7(2)5-6-8(3,4)9/h9H,5-6H2,1-4H3/q+1. The van der Waals surface area contributed by atoms with E-state index in [0.717, 1.165) is 13.1 Å². The van der Waals surface area contributed by atoms with Crippen LogP contribution in [0.4, 0.5) is 0 Å². The van der Waals surface area contributed by atoms with Crippen molar-refractivity contribution in [2.24, 2.45) is 0 Å². The molecule has 0 radical (unpaired) electrons. The van der Waals surface area contributed by atoms with E-state index in [9.17, 15) is 5.21 Å². The average molecular weight is 133 g/mol. The van der Waals surface area contributed by atoms with Crippen molar-refractivity contribution in [3.63, 3.8) is 0 Å². The molecule has 0 heterocycles. The van der Waals surface area contributed by atoms with Crippen molar-refractivity contribution in [2.75, 3.05) is 41.3 Å². The highest BCUT2D eigenvalue weighted by molar-refractivity contribution is 4.36. The van der Waals surface area contributed by atoms with Crippen LogP contribution in [0.3, 0.4) is 0 Å². The molecule has 0 saturated carbocycles. The van der Waals surface area contributed by atoms with Gasteiger partial charge in [-0.3, -0.25) is 0 Å². The topological polar surface area (TPSA) is 23.5 Å². The maximum atomic E-state index is 9.18. The number of hydrogen-bond donors (Lipinski definition) is 1. The summed E-state index contributed by atoms with van der Waals surface area (Å²) in [6.07, 6.45) is 0. The Bertz CT molecular complexity index is 75.6. The molecule has 0 bridgehead atoms. The molecule has 56 valence electrons. The van der Waals surface area contributed by atoms with Crippen molar-refractivity contribution in [1.82, 2.24) is 4.90 Å². The molecule has 0 atom stereocenters. The highest BCUT2D eigenvalue weighted by Gasteiger charge is 2.09. The predicted molar refractivity (Wildman–Crippen MR) is 37.3 cm³/mol. The van der Waals surface area contributed by atoms with Gasteiger partial charge in [0.05, 0.1) is 20.6 Å². The molecule has 0 aliphatic heterocycles. The normalized spacial score (nSPS) is 12.7. The van der Waals surface area contributed by atoms with Crippen LogP contribution in [0.5, 0.6) is 0 Å². The lowest BCUT2D eigenvalue weighted by Crippen LogP contribution is -2.40. The van der Waals surface area contributed by atoms with Gasteiger partial charge in [0.1, 0.15) is 6.54 Å². The Balaban J connectivity index is 3.28. The second-order valence-electron chi connectivity index (χ2n) is 3.15. The van der Waals surface area contributed by atoms with Gasteiger partial charge in [0.2, 0.25) is 0 Å². The van der Waals surface area contributed by atoms with Crippen molar-refractivity contribution in [1.29, 1.82) is 0 Å². The maximum Gasteiger partial charge on any atom is 0.121 e. The van der Waals surface area contributed by atoms with Crippen LogP contribution in [0.1, 0.15) is 0 Å². The lowest BCUT2D eigenvalue weighted by molar-refractivity contribution is -1.07. The van der Waals surface area contributed by atoms with Gasteiger partial charge in [0.15, 0.2) is 0 Å². The van der Waals surface area contributed by atoms with Gasteiger partial charge in [-0.2, -0.15) is 4.65 Å². The lowest BCUT2D eigenvalue weighted by atomic mass is 10.5. The predicted octanol–water partition coefficient (Wildman–Crippen LogP) is 0.0136. The Labute approximate surface area is 57.0 Å². The Morgan fingerprint density at radius 3 is 1.89 bits per heavy atom. The zero-order chi connectivity index (χ0) is 7.49. The summed E-state index contributed by atoms with van der Waals surface area (Å²) in [5, 5.41) is 9.18. The van der Waals surface area contributed by atoms with E-state index in [1.165, 1.54) is 0 Å². The van der Waals surface area contributed by atoms with E-state index in [1.807, 2.05) is 14.1 Å².